The van der Waals surface area contributed by atoms with Crippen LogP contribution in [-0.4, -0.2) is 57.7 Å². The summed E-state index contributed by atoms with van der Waals surface area (Å²) < 4.78 is 28.9. The van der Waals surface area contributed by atoms with Gasteiger partial charge in [0.25, 0.3) is 5.92 Å². The normalized spacial score (nSPS) is 31.6. The van der Waals surface area contributed by atoms with Crippen molar-refractivity contribution in [2.24, 2.45) is 0 Å². The number of rotatable bonds is 2. The molecule has 2 fully saturated rings. The zero-order valence-corrected chi connectivity index (χ0v) is 15.0. The van der Waals surface area contributed by atoms with E-state index in [0.717, 1.165) is 37.2 Å². The first-order valence-corrected chi connectivity index (χ1v) is 9.36. The van der Waals surface area contributed by atoms with Gasteiger partial charge in [0.2, 0.25) is 0 Å². The first kappa shape index (κ1) is 17.4. The smallest absolute Gasteiger partial charge is 0.377 e. The number of halogens is 3. The summed E-state index contributed by atoms with van der Waals surface area (Å²) in [7, 11) is -0.848. The van der Waals surface area contributed by atoms with E-state index >= 15 is 0 Å². The Morgan fingerprint density at radius 3 is 2.80 bits per heavy atom. The van der Waals surface area contributed by atoms with Crippen LogP contribution in [0.25, 0.3) is 0 Å². The van der Waals surface area contributed by atoms with Crippen LogP contribution in [-0.2, 0) is 6.42 Å². The second-order valence-electron chi connectivity index (χ2n) is 7.51. The number of fused-ring (bicyclic) bond motifs is 3. The first-order valence-electron chi connectivity index (χ1n) is 8.99. The minimum absolute atomic E-state index is 0.00861. The molecule has 0 amide bonds. The van der Waals surface area contributed by atoms with Crippen molar-refractivity contribution >= 4 is 24.5 Å². The Kier molecular flexibility index (Phi) is 4.41. The van der Waals surface area contributed by atoms with Crippen LogP contribution in [0, 0.1) is 0 Å². The quantitative estimate of drug-likeness (QED) is 0.811. The molecule has 0 radical (unpaired) electrons. The van der Waals surface area contributed by atoms with Gasteiger partial charge in [-0.15, -0.1) is 10.2 Å². The van der Waals surface area contributed by atoms with Crippen LogP contribution in [0.2, 0.25) is 12.0 Å². The molecule has 2 bridgehead atoms. The number of alkyl halides is 2. The lowest BCUT2D eigenvalue weighted by Crippen LogP contribution is -2.57. The summed E-state index contributed by atoms with van der Waals surface area (Å²) >= 11 is 5.99. The van der Waals surface area contributed by atoms with Gasteiger partial charge < -0.3 is 14.7 Å². The predicted octanol–water partition coefficient (Wildman–Crippen LogP) is 2.62. The zero-order chi connectivity index (χ0) is 17.8. The molecule has 3 atom stereocenters. The molecule has 1 aromatic heterocycles. The van der Waals surface area contributed by atoms with Crippen molar-refractivity contribution in [3.05, 3.63) is 16.8 Å². The molecule has 0 spiro atoms. The highest BCUT2D eigenvalue weighted by molar-refractivity contribution is 6.45. The minimum Gasteiger partial charge on any atom is -0.437 e. The molecule has 1 N–H and O–H groups in total. The molecule has 9 heteroatoms. The Hall–Kier alpha value is -0.985. The molecule has 1 aromatic rings. The largest absolute Gasteiger partial charge is 0.437 e. The van der Waals surface area contributed by atoms with E-state index in [-0.39, 0.29) is 18.5 Å². The molecule has 136 valence electrons. The molecule has 4 heterocycles. The summed E-state index contributed by atoms with van der Waals surface area (Å²) in [6.45, 7) is 2.38. The van der Waals surface area contributed by atoms with Crippen molar-refractivity contribution in [3.8, 4) is 0 Å². The third kappa shape index (κ3) is 3.02. The van der Waals surface area contributed by atoms with Gasteiger partial charge >= 0.3 is 7.05 Å². The molecule has 5 nitrogen and oxygen atoms in total. The van der Waals surface area contributed by atoms with E-state index < -0.39 is 19.0 Å². The molecule has 25 heavy (non-hydrogen) atoms. The molecule has 3 aliphatic rings. The van der Waals surface area contributed by atoms with Crippen molar-refractivity contribution in [2.75, 3.05) is 11.4 Å². The van der Waals surface area contributed by atoms with Gasteiger partial charge in [-0.3, -0.25) is 0 Å². The van der Waals surface area contributed by atoms with Gasteiger partial charge in [-0.05, 0) is 50.6 Å². The Balaban J connectivity index is 1.64. The fraction of sp³-hybridized carbons (Fsp3) is 0.750. The SMILES string of the molecule is CB(O)N1[C@H]2C[C@@H](N3CCCCc4cc(Cl)nnc43)C[C@@H]1C(F)(F)C2. The van der Waals surface area contributed by atoms with Crippen molar-refractivity contribution in [3.63, 3.8) is 0 Å². The first-order chi connectivity index (χ1) is 11.9. The van der Waals surface area contributed by atoms with Crippen LogP contribution < -0.4 is 4.90 Å². The minimum atomic E-state index is -2.75. The van der Waals surface area contributed by atoms with Gasteiger partial charge in [-0.1, -0.05) is 11.6 Å². The van der Waals surface area contributed by atoms with E-state index in [0.29, 0.717) is 18.0 Å². The maximum atomic E-state index is 14.5. The van der Waals surface area contributed by atoms with Gasteiger partial charge in [0, 0.05) is 25.0 Å². The second-order valence-corrected chi connectivity index (χ2v) is 7.89. The predicted molar refractivity (Wildman–Crippen MR) is 93.2 cm³/mol. The van der Waals surface area contributed by atoms with E-state index in [1.165, 1.54) is 0 Å². The van der Waals surface area contributed by atoms with Gasteiger partial charge in [-0.25, -0.2) is 8.78 Å². The van der Waals surface area contributed by atoms with Gasteiger partial charge in [-0.2, -0.15) is 0 Å². The van der Waals surface area contributed by atoms with E-state index in [9.17, 15) is 13.8 Å². The molecule has 0 saturated carbocycles. The standard InChI is InChI=1S/C16H22BClF2N4O/c1-17(25)24-12-7-11(8-13(24)16(19,20)9-12)23-5-3-2-4-10-6-14(18)21-22-15(10)23/h6,11-13,25H,2-5,7-9H2,1H3/t11-,12+,13-/m1/s1. The third-order valence-electron chi connectivity index (χ3n) is 5.88. The van der Waals surface area contributed by atoms with Crippen molar-refractivity contribution < 1.29 is 13.8 Å². The monoisotopic (exact) mass is 370 g/mol. The lowest BCUT2D eigenvalue weighted by Gasteiger charge is -2.44. The summed E-state index contributed by atoms with van der Waals surface area (Å²) in [4.78, 5) is 3.76. The summed E-state index contributed by atoms with van der Waals surface area (Å²) in [5.41, 5.74) is 1.05. The zero-order valence-electron chi connectivity index (χ0n) is 14.2. The maximum Gasteiger partial charge on any atom is 0.377 e. The second kappa shape index (κ2) is 6.32. The van der Waals surface area contributed by atoms with Crippen LogP contribution >= 0.6 is 11.6 Å². The van der Waals surface area contributed by atoms with Gasteiger partial charge in [0.05, 0.1) is 6.04 Å². The van der Waals surface area contributed by atoms with Crippen LogP contribution in [0.3, 0.4) is 0 Å². The Bertz CT molecular complexity index is 665. The summed E-state index contributed by atoms with van der Waals surface area (Å²) in [6.07, 6.45) is 3.68. The van der Waals surface area contributed by atoms with E-state index in [4.69, 9.17) is 11.6 Å². The molecule has 0 aromatic carbocycles. The van der Waals surface area contributed by atoms with E-state index in [2.05, 4.69) is 15.1 Å². The average molecular weight is 371 g/mol. The fourth-order valence-electron chi connectivity index (χ4n) is 4.90. The highest BCUT2D eigenvalue weighted by Crippen LogP contribution is 2.47. The summed E-state index contributed by atoms with van der Waals surface area (Å²) in [5, 5.41) is 18.6. The maximum absolute atomic E-state index is 14.5. The number of aromatic nitrogens is 2. The van der Waals surface area contributed by atoms with Crippen molar-refractivity contribution in [1.29, 1.82) is 0 Å². The van der Waals surface area contributed by atoms with Crippen LogP contribution in [0.5, 0.6) is 0 Å². The summed E-state index contributed by atoms with van der Waals surface area (Å²) in [5.74, 6) is -1.96. The molecule has 3 aliphatic heterocycles. The van der Waals surface area contributed by atoms with Crippen LogP contribution in [0.15, 0.2) is 6.07 Å². The molecule has 0 aliphatic carbocycles. The van der Waals surface area contributed by atoms with Crippen LogP contribution in [0.1, 0.15) is 37.7 Å². The lowest BCUT2D eigenvalue weighted by molar-refractivity contribution is -0.0284. The topological polar surface area (TPSA) is 52.5 Å². The number of piperidine rings is 1. The molecule has 0 unspecified atom stereocenters. The lowest BCUT2D eigenvalue weighted by atomic mass is 9.78. The molecule has 2 saturated heterocycles. The Morgan fingerprint density at radius 1 is 1.28 bits per heavy atom. The summed E-state index contributed by atoms with van der Waals surface area (Å²) in [6, 6.07) is 0.621. The van der Waals surface area contributed by atoms with Crippen molar-refractivity contribution in [1.82, 2.24) is 15.0 Å². The third-order valence-corrected chi connectivity index (χ3v) is 6.06. The highest BCUT2D eigenvalue weighted by Gasteiger charge is 2.59. The Labute approximate surface area is 151 Å². The van der Waals surface area contributed by atoms with Crippen LogP contribution in [0.4, 0.5) is 14.6 Å². The van der Waals surface area contributed by atoms with Gasteiger partial charge in [0.1, 0.15) is 0 Å². The Morgan fingerprint density at radius 2 is 2.08 bits per heavy atom. The van der Waals surface area contributed by atoms with Crippen molar-refractivity contribution in [2.45, 2.75) is 69.4 Å². The van der Waals surface area contributed by atoms with E-state index in [1.807, 2.05) is 6.07 Å². The molecular weight excluding hydrogens is 348 g/mol. The van der Waals surface area contributed by atoms with E-state index in [1.54, 1.807) is 11.6 Å². The highest BCUT2D eigenvalue weighted by atomic mass is 35.5. The van der Waals surface area contributed by atoms with Gasteiger partial charge in [0.15, 0.2) is 11.0 Å². The number of anilines is 1. The average Bonchev–Trinajstić information content (AvgIpc) is 2.69. The molecular formula is C16H22BClF2N4O. The number of hydrogen-bond acceptors (Lipinski definition) is 5. The number of aryl methyl sites for hydroxylation is 1. The number of hydrogen-bond donors (Lipinski definition) is 1. The number of nitrogens with zero attached hydrogens (tertiary/aromatic N) is 4. The molecule has 4 rings (SSSR count). The fourth-order valence-corrected chi connectivity index (χ4v) is 5.07.